The summed E-state index contributed by atoms with van der Waals surface area (Å²) in [6, 6.07) is 4.48. The highest BCUT2D eigenvalue weighted by molar-refractivity contribution is 7.92. The summed E-state index contributed by atoms with van der Waals surface area (Å²) in [5.74, 6) is -0.324. The van der Waals surface area contributed by atoms with Crippen LogP contribution in [0.25, 0.3) is 0 Å². The SMILES string of the molecule is CCO[P@]1(=O)N=C(c2c(O)c(C(C)(C)C)n(CCC(C)(C)C)c2O)Nc2ccc(NS(C)(=O)=O)cc21. The van der Waals surface area contributed by atoms with Crippen molar-refractivity contribution in [2.75, 3.05) is 22.9 Å². The van der Waals surface area contributed by atoms with E-state index in [-0.39, 0.29) is 46.0 Å². The van der Waals surface area contributed by atoms with Crippen molar-refractivity contribution < 1.29 is 27.7 Å². The Balaban J connectivity index is 2.19. The molecule has 36 heavy (non-hydrogen) atoms. The lowest BCUT2D eigenvalue weighted by atomic mass is 9.89. The number of aromatic hydroxyl groups is 2. The van der Waals surface area contributed by atoms with Gasteiger partial charge in [0.25, 0.3) is 0 Å². The van der Waals surface area contributed by atoms with Gasteiger partial charge in [-0.25, -0.2) is 8.42 Å². The van der Waals surface area contributed by atoms with Crippen molar-refractivity contribution in [2.24, 2.45) is 10.2 Å². The minimum absolute atomic E-state index is 0.0103. The first-order valence-electron chi connectivity index (χ1n) is 11.8. The maximum absolute atomic E-state index is 13.9. The molecule has 1 atom stereocenters. The van der Waals surface area contributed by atoms with Crippen LogP contribution in [0, 0.1) is 5.41 Å². The Morgan fingerprint density at radius 2 is 1.81 bits per heavy atom. The van der Waals surface area contributed by atoms with Crippen molar-refractivity contribution >= 4 is 40.1 Å². The number of anilines is 2. The Labute approximate surface area is 213 Å². The van der Waals surface area contributed by atoms with Crippen LogP contribution in [0.4, 0.5) is 11.4 Å². The van der Waals surface area contributed by atoms with Crippen molar-refractivity contribution in [3.63, 3.8) is 0 Å². The van der Waals surface area contributed by atoms with Gasteiger partial charge in [0.05, 0.1) is 29.5 Å². The summed E-state index contributed by atoms with van der Waals surface area (Å²) in [6.07, 6.45) is 1.76. The van der Waals surface area contributed by atoms with Crippen molar-refractivity contribution in [1.29, 1.82) is 0 Å². The largest absolute Gasteiger partial charge is 0.505 e. The molecule has 0 fully saturated rings. The Bertz CT molecular complexity index is 1350. The number of nitrogens with one attached hydrogen (secondary N) is 2. The summed E-state index contributed by atoms with van der Waals surface area (Å²) in [5, 5.41) is 25.9. The number of benzene rings is 1. The standard InChI is InChI=1S/C24H37N4O6PS/c1-9-34-35(31)17-14-15(27-36(8,32)33)10-11-16(17)25-21(26-35)18-19(29)20(24(5,6)7)28(22(18)30)13-12-23(2,3)4/h10-11,14,27,29-30H,9,12-13H2,1-8H3,(H,25,26,31)/t35-/m0/s1. The third-order valence-corrected chi connectivity index (χ3v) is 8.29. The van der Waals surface area contributed by atoms with Crippen LogP contribution in [0.15, 0.2) is 23.0 Å². The molecule has 0 amide bonds. The number of hydrogen-bond donors (Lipinski definition) is 4. The van der Waals surface area contributed by atoms with Gasteiger partial charge in [-0.3, -0.25) is 9.29 Å². The zero-order valence-corrected chi connectivity index (χ0v) is 23.8. The number of hydrogen-bond acceptors (Lipinski definition) is 7. The van der Waals surface area contributed by atoms with Gasteiger partial charge < -0.3 is 24.6 Å². The van der Waals surface area contributed by atoms with E-state index in [9.17, 15) is 23.2 Å². The van der Waals surface area contributed by atoms with E-state index in [1.165, 1.54) is 12.1 Å². The molecule has 1 aliphatic heterocycles. The quantitative estimate of drug-likeness (QED) is 0.372. The lowest BCUT2D eigenvalue weighted by Gasteiger charge is -2.25. The highest BCUT2D eigenvalue weighted by atomic mass is 32.2. The molecule has 0 unspecified atom stereocenters. The maximum Gasteiger partial charge on any atom is 0.348 e. The van der Waals surface area contributed by atoms with E-state index in [0.717, 1.165) is 12.7 Å². The fourth-order valence-electron chi connectivity index (χ4n) is 4.11. The second kappa shape index (κ2) is 9.43. The zero-order chi connectivity index (χ0) is 27.3. The third kappa shape index (κ3) is 5.90. The summed E-state index contributed by atoms with van der Waals surface area (Å²) in [7, 11) is -7.44. The zero-order valence-electron chi connectivity index (χ0n) is 22.1. The number of aromatic nitrogens is 1. The number of amidine groups is 1. The average molecular weight is 541 g/mol. The first-order chi connectivity index (χ1) is 16.4. The van der Waals surface area contributed by atoms with Crippen LogP contribution in [0.3, 0.4) is 0 Å². The molecule has 0 saturated heterocycles. The molecule has 2 aromatic rings. The Hall–Kier alpha value is -2.49. The normalized spacial score (nSPS) is 18.4. The van der Waals surface area contributed by atoms with E-state index in [0.29, 0.717) is 17.9 Å². The number of sulfonamides is 1. The molecule has 200 valence electrons. The van der Waals surface area contributed by atoms with E-state index in [1.54, 1.807) is 17.6 Å². The fraction of sp³-hybridized carbons (Fsp3) is 0.542. The van der Waals surface area contributed by atoms with Crippen LogP contribution in [0.2, 0.25) is 0 Å². The number of rotatable bonds is 7. The molecule has 0 spiro atoms. The summed E-state index contributed by atoms with van der Waals surface area (Å²) in [4.78, 5) is 0. The molecule has 0 saturated carbocycles. The van der Waals surface area contributed by atoms with Crippen LogP contribution >= 0.6 is 7.52 Å². The second-order valence-electron chi connectivity index (χ2n) is 11.2. The molecule has 10 nitrogen and oxygen atoms in total. The summed E-state index contributed by atoms with van der Waals surface area (Å²) in [5.41, 5.74) is 0.635. The topological polar surface area (TPSA) is 142 Å². The van der Waals surface area contributed by atoms with Crippen LogP contribution < -0.4 is 15.3 Å². The highest BCUT2D eigenvalue weighted by Crippen LogP contribution is 2.54. The first kappa shape index (κ1) is 28.1. The molecule has 1 aromatic heterocycles. The van der Waals surface area contributed by atoms with Gasteiger partial charge in [-0.2, -0.15) is 4.76 Å². The average Bonchev–Trinajstić information content (AvgIpc) is 2.95. The minimum Gasteiger partial charge on any atom is -0.505 e. The van der Waals surface area contributed by atoms with Crippen molar-refractivity contribution in [3.05, 3.63) is 29.5 Å². The predicted molar refractivity (Wildman–Crippen MR) is 144 cm³/mol. The number of fused-ring (bicyclic) bond motifs is 1. The molecule has 4 N–H and O–H groups in total. The monoisotopic (exact) mass is 540 g/mol. The van der Waals surface area contributed by atoms with E-state index >= 15 is 0 Å². The van der Waals surface area contributed by atoms with E-state index < -0.39 is 23.0 Å². The van der Waals surface area contributed by atoms with Crippen molar-refractivity contribution in [2.45, 2.75) is 66.8 Å². The van der Waals surface area contributed by atoms with Crippen LogP contribution in [0.1, 0.15) is 66.1 Å². The molecule has 12 heteroatoms. The molecular formula is C24H37N4O6PS. The van der Waals surface area contributed by atoms with E-state index in [1.807, 2.05) is 20.8 Å². The molecule has 1 aromatic carbocycles. The fourth-order valence-corrected chi connectivity index (χ4v) is 6.47. The van der Waals surface area contributed by atoms with Gasteiger partial charge in [-0.15, -0.1) is 0 Å². The summed E-state index contributed by atoms with van der Waals surface area (Å²) >= 11 is 0. The van der Waals surface area contributed by atoms with E-state index in [4.69, 9.17) is 4.52 Å². The molecule has 1 aliphatic rings. The third-order valence-electron chi connectivity index (χ3n) is 5.64. The molecule has 3 rings (SSSR count). The second-order valence-corrected chi connectivity index (χ2v) is 15.0. The van der Waals surface area contributed by atoms with Gasteiger partial charge in [0.2, 0.25) is 15.9 Å². The highest BCUT2D eigenvalue weighted by Gasteiger charge is 2.39. The summed E-state index contributed by atoms with van der Waals surface area (Å²) in [6.45, 7) is 14.3. The van der Waals surface area contributed by atoms with Gasteiger partial charge in [0, 0.05) is 17.6 Å². The van der Waals surface area contributed by atoms with Gasteiger partial charge in [0.15, 0.2) is 11.6 Å². The van der Waals surface area contributed by atoms with Gasteiger partial charge >= 0.3 is 7.52 Å². The van der Waals surface area contributed by atoms with Gasteiger partial charge in [0.1, 0.15) is 5.56 Å². The summed E-state index contributed by atoms with van der Waals surface area (Å²) < 4.78 is 51.3. The van der Waals surface area contributed by atoms with E-state index in [2.05, 4.69) is 35.6 Å². The van der Waals surface area contributed by atoms with Gasteiger partial charge in [-0.05, 0) is 37.0 Å². The molecule has 0 radical (unpaired) electrons. The predicted octanol–water partition coefficient (Wildman–Crippen LogP) is 4.73. The van der Waals surface area contributed by atoms with Gasteiger partial charge in [-0.1, -0.05) is 41.5 Å². The maximum atomic E-state index is 13.9. The lowest BCUT2D eigenvalue weighted by Crippen LogP contribution is -2.26. The molecule has 2 heterocycles. The smallest absolute Gasteiger partial charge is 0.348 e. The molecular weight excluding hydrogens is 503 g/mol. The minimum atomic E-state index is -3.89. The molecule has 0 aliphatic carbocycles. The Kier molecular flexibility index (Phi) is 7.36. The van der Waals surface area contributed by atoms with Crippen LogP contribution in [0.5, 0.6) is 11.6 Å². The van der Waals surface area contributed by atoms with Crippen molar-refractivity contribution in [3.8, 4) is 11.6 Å². The molecule has 0 bridgehead atoms. The lowest BCUT2D eigenvalue weighted by molar-refractivity contribution is 0.319. The first-order valence-corrected chi connectivity index (χ1v) is 15.2. The Morgan fingerprint density at radius 1 is 1.17 bits per heavy atom. The van der Waals surface area contributed by atoms with Crippen molar-refractivity contribution in [1.82, 2.24) is 4.57 Å². The van der Waals surface area contributed by atoms with Crippen LogP contribution in [-0.4, -0.2) is 41.9 Å². The Morgan fingerprint density at radius 3 is 2.33 bits per heavy atom. The number of nitrogens with zero attached hydrogens (tertiary/aromatic N) is 2. The van der Waals surface area contributed by atoms with Crippen LogP contribution in [-0.2, 0) is 31.1 Å².